The zero-order valence-corrected chi connectivity index (χ0v) is 6.79. The summed E-state index contributed by atoms with van der Waals surface area (Å²) in [5, 5.41) is 3.04. The van der Waals surface area contributed by atoms with Crippen LogP contribution in [0.3, 0.4) is 0 Å². The molecule has 3 nitrogen and oxygen atoms in total. The SMILES string of the molecule is CC1=C(N)Nc2ccccc2O1. The maximum absolute atomic E-state index is 5.64. The topological polar surface area (TPSA) is 47.3 Å². The molecule has 0 aliphatic carbocycles. The molecule has 0 aromatic heterocycles. The van der Waals surface area contributed by atoms with Gasteiger partial charge in [-0.25, -0.2) is 0 Å². The van der Waals surface area contributed by atoms with Gasteiger partial charge in [0.1, 0.15) is 11.6 Å². The van der Waals surface area contributed by atoms with Crippen LogP contribution in [0.15, 0.2) is 35.8 Å². The van der Waals surface area contributed by atoms with E-state index in [1.54, 1.807) is 0 Å². The van der Waals surface area contributed by atoms with E-state index in [2.05, 4.69) is 5.32 Å². The minimum absolute atomic E-state index is 0.578. The second kappa shape index (κ2) is 2.44. The van der Waals surface area contributed by atoms with E-state index in [1.807, 2.05) is 31.2 Å². The number of fused-ring (bicyclic) bond motifs is 1. The smallest absolute Gasteiger partial charge is 0.150 e. The summed E-state index contributed by atoms with van der Waals surface area (Å²) in [5.41, 5.74) is 6.55. The summed E-state index contributed by atoms with van der Waals surface area (Å²) in [5.74, 6) is 2.12. The Kier molecular flexibility index (Phi) is 1.43. The Labute approximate surface area is 70.8 Å². The first kappa shape index (κ1) is 7.03. The number of hydrogen-bond acceptors (Lipinski definition) is 3. The first-order valence-electron chi connectivity index (χ1n) is 3.77. The van der Waals surface area contributed by atoms with Gasteiger partial charge in [0, 0.05) is 0 Å². The van der Waals surface area contributed by atoms with Crippen molar-refractivity contribution in [3.05, 3.63) is 35.8 Å². The van der Waals surface area contributed by atoms with Crippen LogP contribution in [0.5, 0.6) is 5.75 Å². The number of allylic oxidation sites excluding steroid dienone is 1. The molecule has 0 saturated carbocycles. The minimum Gasteiger partial charge on any atom is -0.456 e. The average molecular weight is 162 g/mol. The van der Waals surface area contributed by atoms with Crippen LogP contribution in [-0.2, 0) is 0 Å². The van der Waals surface area contributed by atoms with Crippen LogP contribution in [0.1, 0.15) is 6.92 Å². The van der Waals surface area contributed by atoms with Gasteiger partial charge < -0.3 is 15.8 Å². The van der Waals surface area contributed by atoms with E-state index >= 15 is 0 Å². The van der Waals surface area contributed by atoms with E-state index < -0.39 is 0 Å². The molecule has 1 aliphatic rings. The van der Waals surface area contributed by atoms with E-state index in [0.717, 1.165) is 11.4 Å². The second-order valence-electron chi connectivity index (χ2n) is 2.69. The average Bonchev–Trinajstić information content (AvgIpc) is 2.07. The number of anilines is 1. The lowest BCUT2D eigenvalue weighted by Gasteiger charge is -2.20. The van der Waals surface area contributed by atoms with Gasteiger partial charge in [-0.2, -0.15) is 0 Å². The number of benzene rings is 1. The summed E-state index contributed by atoms with van der Waals surface area (Å²) < 4.78 is 5.44. The third kappa shape index (κ3) is 0.993. The van der Waals surface area contributed by atoms with Crippen LogP contribution in [0.4, 0.5) is 5.69 Å². The molecule has 12 heavy (non-hydrogen) atoms. The molecule has 0 bridgehead atoms. The molecule has 1 aliphatic heterocycles. The van der Waals surface area contributed by atoms with Crippen molar-refractivity contribution < 1.29 is 4.74 Å². The quantitative estimate of drug-likeness (QED) is 0.609. The number of rotatable bonds is 0. The number of ether oxygens (including phenoxy) is 1. The van der Waals surface area contributed by atoms with Crippen molar-refractivity contribution in [1.82, 2.24) is 0 Å². The Morgan fingerprint density at radius 3 is 2.92 bits per heavy atom. The summed E-state index contributed by atoms with van der Waals surface area (Å²) in [6.07, 6.45) is 0. The third-order valence-corrected chi connectivity index (χ3v) is 1.80. The zero-order chi connectivity index (χ0) is 8.55. The van der Waals surface area contributed by atoms with Crippen molar-refractivity contribution >= 4 is 5.69 Å². The molecule has 0 atom stereocenters. The van der Waals surface area contributed by atoms with Gasteiger partial charge in [-0.1, -0.05) is 12.1 Å². The fourth-order valence-electron chi connectivity index (χ4n) is 1.11. The largest absolute Gasteiger partial charge is 0.456 e. The molecular weight excluding hydrogens is 152 g/mol. The minimum atomic E-state index is 0.578. The van der Waals surface area contributed by atoms with Crippen molar-refractivity contribution in [1.29, 1.82) is 0 Å². The summed E-state index contributed by atoms with van der Waals surface area (Å²) in [6, 6.07) is 7.69. The van der Waals surface area contributed by atoms with Crippen molar-refractivity contribution in [2.24, 2.45) is 5.73 Å². The van der Waals surface area contributed by atoms with Gasteiger partial charge in [0.05, 0.1) is 5.69 Å². The highest BCUT2D eigenvalue weighted by atomic mass is 16.5. The van der Waals surface area contributed by atoms with Crippen LogP contribution < -0.4 is 15.8 Å². The molecule has 0 spiro atoms. The normalized spacial score (nSPS) is 14.8. The predicted molar refractivity (Wildman–Crippen MR) is 47.6 cm³/mol. The Balaban J connectivity index is 2.43. The highest BCUT2D eigenvalue weighted by Crippen LogP contribution is 2.30. The molecule has 0 radical (unpaired) electrons. The first-order chi connectivity index (χ1) is 5.77. The highest BCUT2D eigenvalue weighted by Gasteiger charge is 2.12. The summed E-state index contributed by atoms with van der Waals surface area (Å²) in [6.45, 7) is 1.83. The monoisotopic (exact) mass is 162 g/mol. The van der Waals surface area contributed by atoms with Crippen molar-refractivity contribution in [3.8, 4) is 5.75 Å². The zero-order valence-electron chi connectivity index (χ0n) is 6.79. The number of hydrogen-bond donors (Lipinski definition) is 2. The van der Waals surface area contributed by atoms with E-state index in [9.17, 15) is 0 Å². The number of para-hydroxylation sites is 2. The first-order valence-corrected chi connectivity index (χ1v) is 3.77. The molecule has 3 N–H and O–H groups in total. The fraction of sp³-hybridized carbons (Fsp3) is 0.111. The van der Waals surface area contributed by atoms with Crippen LogP contribution in [-0.4, -0.2) is 0 Å². The molecule has 0 saturated heterocycles. The Morgan fingerprint density at radius 2 is 2.08 bits per heavy atom. The lowest BCUT2D eigenvalue weighted by Crippen LogP contribution is -2.18. The second-order valence-corrected chi connectivity index (χ2v) is 2.69. The van der Waals surface area contributed by atoms with Gasteiger partial charge in [-0.15, -0.1) is 0 Å². The van der Waals surface area contributed by atoms with Gasteiger partial charge in [-0.05, 0) is 19.1 Å². The Bertz CT molecular complexity index is 311. The van der Waals surface area contributed by atoms with Crippen LogP contribution in [0, 0.1) is 0 Å². The highest BCUT2D eigenvalue weighted by molar-refractivity contribution is 5.61. The van der Waals surface area contributed by atoms with Gasteiger partial charge in [0.25, 0.3) is 0 Å². The van der Waals surface area contributed by atoms with Crippen LogP contribution in [0.25, 0.3) is 0 Å². The van der Waals surface area contributed by atoms with Crippen molar-refractivity contribution in [2.75, 3.05) is 5.32 Å². The number of nitrogens with one attached hydrogen (secondary N) is 1. The molecule has 3 heteroatoms. The van der Waals surface area contributed by atoms with Gasteiger partial charge in [-0.3, -0.25) is 0 Å². The predicted octanol–water partition coefficient (Wildman–Crippen LogP) is 1.64. The molecule has 1 aromatic carbocycles. The van der Waals surface area contributed by atoms with Crippen LogP contribution in [0.2, 0.25) is 0 Å². The maximum atomic E-state index is 5.64. The molecule has 1 heterocycles. The summed E-state index contributed by atoms with van der Waals surface area (Å²) >= 11 is 0. The summed E-state index contributed by atoms with van der Waals surface area (Å²) in [7, 11) is 0. The maximum Gasteiger partial charge on any atom is 0.150 e. The van der Waals surface area contributed by atoms with E-state index in [1.165, 1.54) is 0 Å². The number of nitrogens with two attached hydrogens (primary N) is 1. The van der Waals surface area contributed by atoms with Gasteiger partial charge in [0.2, 0.25) is 0 Å². The van der Waals surface area contributed by atoms with E-state index in [-0.39, 0.29) is 0 Å². The van der Waals surface area contributed by atoms with Gasteiger partial charge >= 0.3 is 0 Å². The van der Waals surface area contributed by atoms with E-state index in [0.29, 0.717) is 11.6 Å². The lowest BCUT2D eigenvalue weighted by atomic mass is 10.2. The lowest BCUT2D eigenvalue weighted by molar-refractivity contribution is 0.415. The molecule has 0 fully saturated rings. The molecule has 0 unspecified atom stereocenters. The third-order valence-electron chi connectivity index (χ3n) is 1.80. The molecule has 2 rings (SSSR count). The van der Waals surface area contributed by atoms with Gasteiger partial charge in [0.15, 0.2) is 5.75 Å². The summed E-state index contributed by atoms with van der Waals surface area (Å²) in [4.78, 5) is 0. The van der Waals surface area contributed by atoms with E-state index in [4.69, 9.17) is 10.5 Å². The standard InChI is InChI=1S/C9H10N2O/c1-6-9(10)11-7-4-2-3-5-8(7)12-6/h2-5,11H,10H2,1H3. The van der Waals surface area contributed by atoms with Crippen molar-refractivity contribution in [2.45, 2.75) is 6.92 Å². The van der Waals surface area contributed by atoms with Crippen LogP contribution >= 0.6 is 0 Å². The molecule has 1 aromatic rings. The molecular formula is C9H10N2O. The fourth-order valence-corrected chi connectivity index (χ4v) is 1.11. The van der Waals surface area contributed by atoms with Crippen molar-refractivity contribution in [3.63, 3.8) is 0 Å². The molecule has 62 valence electrons. The molecule has 0 amide bonds. The Hall–Kier alpha value is -1.64. The Morgan fingerprint density at radius 1 is 1.33 bits per heavy atom.